The Labute approximate surface area is 126 Å². The highest BCUT2D eigenvalue weighted by Gasteiger charge is 2.54. The second-order valence-corrected chi connectivity index (χ2v) is 6.94. The Morgan fingerprint density at radius 1 is 0.952 bits per heavy atom. The first kappa shape index (κ1) is 13.2. The highest BCUT2D eigenvalue weighted by atomic mass is 16.2. The average Bonchev–Trinajstić information content (AvgIpc) is 3.31. The summed E-state index contributed by atoms with van der Waals surface area (Å²) in [6, 6.07) is 11.0. The molecule has 1 spiro atoms. The van der Waals surface area contributed by atoms with Crippen LogP contribution in [0.4, 0.5) is 10.5 Å². The topological polar surface area (TPSA) is 23.6 Å². The fourth-order valence-electron chi connectivity index (χ4n) is 4.24. The minimum absolute atomic E-state index is 0.116. The normalized spacial score (nSPS) is 25.4. The molecule has 3 aliphatic rings. The van der Waals surface area contributed by atoms with Crippen LogP contribution in [0, 0.1) is 0 Å². The molecule has 0 atom stereocenters. The maximum atomic E-state index is 13.0. The monoisotopic (exact) mass is 284 g/mol. The van der Waals surface area contributed by atoms with Crippen molar-refractivity contribution in [1.82, 2.24) is 4.90 Å². The summed E-state index contributed by atoms with van der Waals surface area (Å²) in [5.74, 6) is 0. The van der Waals surface area contributed by atoms with Crippen molar-refractivity contribution in [2.24, 2.45) is 0 Å². The second-order valence-electron chi connectivity index (χ2n) is 6.94. The molecule has 21 heavy (non-hydrogen) atoms. The van der Waals surface area contributed by atoms with E-state index in [1.165, 1.54) is 51.4 Å². The fraction of sp³-hybridized carbons (Fsp3) is 0.611. The molecule has 0 unspecified atom stereocenters. The quantitative estimate of drug-likeness (QED) is 0.799. The molecule has 0 radical (unpaired) electrons. The highest BCUT2D eigenvalue weighted by Crippen LogP contribution is 2.45. The average molecular weight is 284 g/mol. The van der Waals surface area contributed by atoms with Gasteiger partial charge in [-0.1, -0.05) is 43.9 Å². The van der Waals surface area contributed by atoms with E-state index in [2.05, 4.69) is 17.0 Å². The third-order valence-corrected chi connectivity index (χ3v) is 5.41. The summed E-state index contributed by atoms with van der Waals surface area (Å²) in [5, 5.41) is 0. The molecule has 4 rings (SSSR count). The second kappa shape index (κ2) is 5.04. The summed E-state index contributed by atoms with van der Waals surface area (Å²) < 4.78 is 0. The number of hydrogen-bond donors (Lipinski definition) is 0. The molecule has 1 heterocycles. The van der Waals surface area contributed by atoms with E-state index in [1.807, 2.05) is 23.1 Å². The Morgan fingerprint density at radius 3 is 2.24 bits per heavy atom. The summed E-state index contributed by atoms with van der Waals surface area (Å²) >= 11 is 0. The van der Waals surface area contributed by atoms with Crippen molar-refractivity contribution in [3.63, 3.8) is 0 Å². The van der Waals surface area contributed by atoms with Crippen LogP contribution < -0.4 is 4.90 Å². The summed E-state index contributed by atoms with van der Waals surface area (Å²) in [5.41, 5.74) is 1.18. The van der Waals surface area contributed by atoms with Crippen molar-refractivity contribution in [3.05, 3.63) is 30.3 Å². The Bertz CT molecular complexity index is 515. The first-order valence-corrected chi connectivity index (χ1v) is 8.46. The van der Waals surface area contributed by atoms with Gasteiger partial charge < -0.3 is 4.90 Å². The van der Waals surface area contributed by atoms with Crippen LogP contribution in [0.15, 0.2) is 30.3 Å². The molecule has 1 aromatic rings. The van der Waals surface area contributed by atoms with Gasteiger partial charge in [0.05, 0.1) is 12.1 Å². The third kappa shape index (κ3) is 2.23. The fourth-order valence-corrected chi connectivity index (χ4v) is 4.24. The number of carbonyl (C=O) groups is 1. The largest absolute Gasteiger partial charge is 0.325 e. The van der Waals surface area contributed by atoms with Crippen molar-refractivity contribution in [2.75, 3.05) is 11.4 Å². The van der Waals surface area contributed by atoms with Gasteiger partial charge in [0.1, 0.15) is 0 Å². The lowest BCUT2D eigenvalue weighted by Crippen LogP contribution is -2.48. The molecule has 1 aromatic carbocycles. The highest BCUT2D eigenvalue weighted by molar-refractivity contribution is 5.95. The number of anilines is 1. The SMILES string of the molecule is O=C1N(c2ccccc2)CC2(CCCCCC2)N1C1CC1. The molecule has 3 heteroatoms. The Balaban J connectivity index is 1.68. The van der Waals surface area contributed by atoms with Crippen molar-refractivity contribution in [1.29, 1.82) is 0 Å². The van der Waals surface area contributed by atoms with Gasteiger partial charge in [0.15, 0.2) is 0 Å². The minimum Gasteiger partial charge on any atom is -0.314 e. The Hall–Kier alpha value is -1.51. The molecule has 112 valence electrons. The summed E-state index contributed by atoms with van der Waals surface area (Å²) in [6.45, 7) is 0.895. The van der Waals surface area contributed by atoms with E-state index in [0.717, 1.165) is 12.2 Å². The van der Waals surface area contributed by atoms with Crippen LogP contribution in [0.1, 0.15) is 51.4 Å². The zero-order valence-electron chi connectivity index (χ0n) is 12.6. The molecule has 0 bridgehead atoms. The number of para-hydroxylation sites is 1. The van der Waals surface area contributed by atoms with Crippen molar-refractivity contribution in [3.8, 4) is 0 Å². The predicted octanol–water partition coefficient (Wildman–Crippen LogP) is 4.18. The van der Waals surface area contributed by atoms with Crippen molar-refractivity contribution < 1.29 is 4.79 Å². The Morgan fingerprint density at radius 2 is 1.62 bits per heavy atom. The maximum Gasteiger partial charge on any atom is 0.325 e. The zero-order valence-corrected chi connectivity index (χ0v) is 12.6. The van der Waals surface area contributed by atoms with Gasteiger partial charge in [-0.3, -0.25) is 4.90 Å². The number of amides is 2. The van der Waals surface area contributed by atoms with Crippen LogP contribution in [0.5, 0.6) is 0 Å². The number of carbonyl (C=O) groups excluding carboxylic acids is 1. The first-order valence-electron chi connectivity index (χ1n) is 8.46. The standard InChI is InChI=1S/C18H24N2O/c21-17-19(15-8-4-3-5-9-15)14-18(20(17)16-10-11-16)12-6-1-2-7-13-18/h3-5,8-9,16H,1-2,6-7,10-14H2. The van der Waals surface area contributed by atoms with E-state index in [1.54, 1.807) is 0 Å². The number of rotatable bonds is 2. The molecular formula is C18H24N2O. The van der Waals surface area contributed by atoms with Crippen LogP contribution in [0.25, 0.3) is 0 Å². The van der Waals surface area contributed by atoms with Gasteiger partial charge in [-0.15, -0.1) is 0 Å². The summed E-state index contributed by atoms with van der Waals surface area (Å²) in [6.07, 6.45) is 10.0. The lowest BCUT2D eigenvalue weighted by molar-refractivity contribution is 0.135. The van der Waals surface area contributed by atoms with E-state index in [0.29, 0.717) is 6.04 Å². The summed E-state index contributed by atoms with van der Waals surface area (Å²) in [7, 11) is 0. The van der Waals surface area contributed by atoms with Crippen LogP contribution >= 0.6 is 0 Å². The van der Waals surface area contributed by atoms with Crippen molar-refractivity contribution in [2.45, 2.75) is 62.9 Å². The van der Waals surface area contributed by atoms with Gasteiger partial charge >= 0.3 is 6.03 Å². The molecule has 1 saturated heterocycles. The number of urea groups is 1. The van der Waals surface area contributed by atoms with E-state index in [9.17, 15) is 4.79 Å². The van der Waals surface area contributed by atoms with Crippen molar-refractivity contribution >= 4 is 11.7 Å². The van der Waals surface area contributed by atoms with Crippen LogP contribution in [0.3, 0.4) is 0 Å². The molecule has 1 aliphatic heterocycles. The lowest BCUT2D eigenvalue weighted by atomic mass is 9.89. The van der Waals surface area contributed by atoms with E-state index >= 15 is 0 Å². The van der Waals surface area contributed by atoms with E-state index in [4.69, 9.17) is 0 Å². The number of nitrogens with zero attached hydrogens (tertiary/aromatic N) is 2. The molecular weight excluding hydrogens is 260 g/mol. The summed E-state index contributed by atoms with van der Waals surface area (Å²) in [4.78, 5) is 17.3. The van der Waals surface area contributed by atoms with Gasteiger partial charge in [0.25, 0.3) is 0 Å². The van der Waals surface area contributed by atoms with Gasteiger partial charge in [-0.25, -0.2) is 4.79 Å². The molecule has 2 aliphatic carbocycles. The predicted molar refractivity (Wildman–Crippen MR) is 84.5 cm³/mol. The maximum absolute atomic E-state index is 13.0. The van der Waals surface area contributed by atoms with Gasteiger partial charge in [-0.05, 0) is 37.8 Å². The Kier molecular flexibility index (Phi) is 3.16. The minimum atomic E-state index is 0.116. The smallest absolute Gasteiger partial charge is 0.314 e. The van der Waals surface area contributed by atoms with Crippen LogP contribution in [-0.4, -0.2) is 29.1 Å². The molecule has 2 amide bonds. The molecule has 3 fully saturated rings. The number of hydrogen-bond acceptors (Lipinski definition) is 1. The zero-order chi connectivity index (χ0) is 14.3. The molecule has 0 N–H and O–H groups in total. The van der Waals surface area contributed by atoms with E-state index in [-0.39, 0.29) is 11.6 Å². The van der Waals surface area contributed by atoms with Gasteiger partial charge in [0.2, 0.25) is 0 Å². The molecule has 2 saturated carbocycles. The molecule has 0 aromatic heterocycles. The molecule has 3 nitrogen and oxygen atoms in total. The lowest BCUT2D eigenvalue weighted by Gasteiger charge is -2.36. The van der Waals surface area contributed by atoms with Gasteiger partial charge in [-0.2, -0.15) is 0 Å². The number of benzene rings is 1. The first-order chi connectivity index (χ1) is 10.3. The van der Waals surface area contributed by atoms with Crippen LogP contribution in [-0.2, 0) is 0 Å². The van der Waals surface area contributed by atoms with Gasteiger partial charge in [0, 0.05) is 11.7 Å². The third-order valence-electron chi connectivity index (χ3n) is 5.41. The van der Waals surface area contributed by atoms with Crippen LogP contribution in [0.2, 0.25) is 0 Å². The van der Waals surface area contributed by atoms with E-state index < -0.39 is 0 Å².